The van der Waals surface area contributed by atoms with Gasteiger partial charge in [-0.3, -0.25) is 9.59 Å². The van der Waals surface area contributed by atoms with Gasteiger partial charge in [-0.1, -0.05) is 207 Å². The van der Waals surface area contributed by atoms with Crippen LogP contribution < -0.4 is 10.6 Å². The number of ether oxygens (including phenoxy) is 2. The van der Waals surface area contributed by atoms with E-state index in [0.29, 0.717) is 18.8 Å². The van der Waals surface area contributed by atoms with E-state index < -0.39 is 61.4 Å². The average Bonchev–Trinajstić information content (AvgIpc) is 3.24. The van der Waals surface area contributed by atoms with E-state index in [0.717, 1.165) is 44.9 Å². The summed E-state index contributed by atoms with van der Waals surface area (Å²) in [6.07, 6.45) is 30.3. The fourth-order valence-corrected chi connectivity index (χ4v) is 9.12. The molecule has 1 saturated heterocycles. The van der Waals surface area contributed by atoms with Crippen LogP contribution >= 0.6 is 0 Å². The smallest absolute Gasteiger partial charge is 0.220 e. The van der Waals surface area contributed by atoms with Crippen molar-refractivity contribution < 1.29 is 44.6 Å². The zero-order chi connectivity index (χ0) is 45.8. The summed E-state index contributed by atoms with van der Waals surface area (Å²) in [6, 6.07) is -2.18. The van der Waals surface area contributed by atoms with Crippen LogP contribution in [-0.2, 0) is 19.1 Å². The van der Waals surface area contributed by atoms with Crippen LogP contribution in [0.4, 0.5) is 0 Å². The van der Waals surface area contributed by atoms with Crippen molar-refractivity contribution >= 4 is 11.8 Å². The Morgan fingerprint density at radius 3 is 1.44 bits per heavy atom. The van der Waals surface area contributed by atoms with Gasteiger partial charge in [0.1, 0.15) is 30.5 Å². The lowest BCUT2D eigenvalue weighted by Crippen LogP contribution is -2.65. The summed E-state index contributed by atoms with van der Waals surface area (Å²) < 4.78 is 11.8. The van der Waals surface area contributed by atoms with E-state index in [1.54, 1.807) is 0 Å². The highest BCUT2D eigenvalue weighted by atomic mass is 16.7. The summed E-state index contributed by atoms with van der Waals surface area (Å²) >= 11 is 0. The summed E-state index contributed by atoms with van der Waals surface area (Å²) in [6.45, 7) is 9.07. The van der Waals surface area contributed by atoms with Crippen molar-refractivity contribution in [1.29, 1.82) is 0 Å². The molecule has 0 aromatic heterocycles. The molecule has 1 rings (SSSR count). The zero-order valence-corrected chi connectivity index (χ0v) is 40.7. The first-order chi connectivity index (χ1) is 30.0. The molecule has 2 amide bonds. The lowest BCUT2D eigenvalue weighted by Gasteiger charge is -2.42. The summed E-state index contributed by atoms with van der Waals surface area (Å²) in [5.74, 6) is -0.629. The molecule has 0 aromatic rings. The number of nitrogens with one attached hydrogen (secondary N) is 2. The number of hydrogen-bond acceptors (Lipinski definition) is 9. The van der Waals surface area contributed by atoms with Gasteiger partial charge in [0, 0.05) is 13.3 Å². The van der Waals surface area contributed by atoms with E-state index in [2.05, 4.69) is 38.3 Å². The van der Waals surface area contributed by atoms with E-state index in [9.17, 15) is 35.1 Å². The summed E-state index contributed by atoms with van der Waals surface area (Å²) in [4.78, 5) is 25.4. The average molecular weight is 885 g/mol. The monoisotopic (exact) mass is 885 g/mol. The minimum atomic E-state index is -1.50. The van der Waals surface area contributed by atoms with Crippen LogP contribution in [0, 0.1) is 11.8 Å². The number of amides is 2. The summed E-state index contributed by atoms with van der Waals surface area (Å²) in [7, 11) is 0. The van der Waals surface area contributed by atoms with Crippen molar-refractivity contribution in [3.8, 4) is 0 Å². The molecule has 9 atom stereocenters. The third kappa shape index (κ3) is 28.5. The predicted octanol–water partition coefficient (Wildman–Crippen LogP) is 9.95. The molecule has 11 nitrogen and oxygen atoms in total. The highest BCUT2D eigenvalue weighted by Gasteiger charge is 2.46. The molecule has 7 N–H and O–H groups in total. The fourth-order valence-electron chi connectivity index (χ4n) is 9.12. The molecule has 0 radical (unpaired) electrons. The van der Waals surface area contributed by atoms with Crippen LogP contribution in [0.5, 0.6) is 0 Å². The number of hydrogen-bond donors (Lipinski definition) is 7. The van der Waals surface area contributed by atoms with Crippen LogP contribution in [0.15, 0.2) is 0 Å². The van der Waals surface area contributed by atoms with Crippen molar-refractivity contribution in [2.24, 2.45) is 11.8 Å². The highest BCUT2D eigenvalue weighted by Crippen LogP contribution is 2.27. The maximum absolute atomic E-state index is 13.4. The van der Waals surface area contributed by atoms with Gasteiger partial charge in [-0.05, 0) is 31.1 Å². The number of carbonyl (C=O) groups is 2. The van der Waals surface area contributed by atoms with E-state index in [1.165, 1.54) is 148 Å². The van der Waals surface area contributed by atoms with Crippen molar-refractivity contribution in [2.45, 2.75) is 289 Å². The molecule has 368 valence electrons. The van der Waals surface area contributed by atoms with E-state index >= 15 is 0 Å². The largest absolute Gasteiger partial charge is 0.394 e. The van der Waals surface area contributed by atoms with E-state index in [-0.39, 0.29) is 24.9 Å². The van der Waals surface area contributed by atoms with Gasteiger partial charge >= 0.3 is 0 Å². The Labute approximate surface area is 380 Å². The molecule has 1 aliphatic heterocycles. The van der Waals surface area contributed by atoms with Crippen LogP contribution in [0.1, 0.15) is 240 Å². The second-order valence-electron chi connectivity index (χ2n) is 19.4. The quantitative estimate of drug-likeness (QED) is 0.0294. The fraction of sp³-hybridized carbons (Fsp3) is 0.961. The topological polar surface area (TPSA) is 178 Å². The Morgan fingerprint density at radius 2 is 1.03 bits per heavy atom. The lowest BCUT2D eigenvalue weighted by atomic mass is 9.83. The maximum atomic E-state index is 13.4. The Morgan fingerprint density at radius 1 is 0.613 bits per heavy atom. The third-order valence-corrected chi connectivity index (χ3v) is 13.0. The Kier molecular flexibility index (Phi) is 36.8. The molecule has 0 saturated carbocycles. The number of unbranched alkanes of at least 4 members (excludes halogenated alkanes) is 27. The van der Waals surface area contributed by atoms with Crippen molar-refractivity contribution in [3.05, 3.63) is 0 Å². The highest BCUT2D eigenvalue weighted by molar-refractivity contribution is 5.76. The lowest BCUT2D eigenvalue weighted by molar-refractivity contribution is -0.273. The van der Waals surface area contributed by atoms with Gasteiger partial charge in [0.2, 0.25) is 11.8 Å². The van der Waals surface area contributed by atoms with E-state index in [4.69, 9.17) is 9.47 Å². The molecule has 62 heavy (non-hydrogen) atoms. The SMILES string of the molecule is CCCCCCCCCCCCCCCCCCCCCCCC(=O)N[C@@H](CO[C@@H]1OC(CO)[C@@H](O)C(O)C1NC(C)=O)[C@H](O)[C@H](O)C(CCCCCCCCCC)CC(C)C. The second-order valence-corrected chi connectivity index (χ2v) is 19.4. The molecule has 1 heterocycles. The van der Waals surface area contributed by atoms with Gasteiger partial charge in [0.15, 0.2) is 6.29 Å². The normalized spacial score (nSPS) is 21.2. The minimum Gasteiger partial charge on any atom is -0.394 e. The summed E-state index contributed by atoms with van der Waals surface area (Å²) in [5, 5.41) is 60.0. The molecule has 4 unspecified atom stereocenters. The van der Waals surface area contributed by atoms with Gasteiger partial charge in [0.05, 0.1) is 25.4 Å². The first kappa shape index (κ1) is 58.7. The van der Waals surface area contributed by atoms with E-state index in [1.807, 2.05) is 0 Å². The van der Waals surface area contributed by atoms with Gasteiger partial charge in [-0.15, -0.1) is 0 Å². The molecule has 11 heteroatoms. The Hall–Kier alpha value is -1.34. The predicted molar refractivity (Wildman–Crippen MR) is 253 cm³/mol. The molecule has 1 aliphatic rings. The molecule has 0 aliphatic carbocycles. The third-order valence-electron chi connectivity index (χ3n) is 13.0. The summed E-state index contributed by atoms with van der Waals surface area (Å²) in [5.41, 5.74) is 0. The van der Waals surface area contributed by atoms with Crippen LogP contribution in [-0.4, -0.2) is 99.5 Å². The van der Waals surface area contributed by atoms with Gasteiger partial charge in [-0.2, -0.15) is 0 Å². The molecule has 0 aromatic carbocycles. The van der Waals surface area contributed by atoms with Crippen LogP contribution in [0.2, 0.25) is 0 Å². The van der Waals surface area contributed by atoms with Gasteiger partial charge < -0.3 is 45.6 Å². The molecular weight excluding hydrogens is 785 g/mol. The number of carbonyl (C=O) groups excluding carboxylic acids is 2. The standard InChI is InChI=1S/C51H100N2O9/c1-6-8-10-12-14-16-17-18-19-20-21-22-23-24-25-26-27-28-30-32-34-36-45(56)53-43(39-61-51-46(52-41(5)55)50(60)49(59)44(38-54)62-51)48(58)47(57)42(37-40(3)4)35-33-31-29-15-13-11-9-7-2/h40,42-44,46-51,54,57-60H,6-39H2,1-5H3,(H,52,55)(H,53,56)/t42?,43-,44?,46?,47+,48-,49+,50?,51+/m0/s1. The second kappa shape index (κ2) is 38.9. The molecule has 0 bridgehead atoms. The van der Waals surface area contributed by atoms with Crippen molar-refractivity contribution in [1.82, 2.24) is 10.6 Å². The Balaban J connectivity index is 2.61. The van der Waals surface area contributed by atoms with Crippen molar-refractivity contribution in [3.63, 3.8) is 0 Å². The first-order valence-corrected chi connectivity index (χ1v) is 26.1. The molecular formula is C51H100N2O9. The first-order valence-electron chi connectivity index (χ1n) is 26.1. The van der Waals surface area contributed by atoms with Crippen molar-refractivity contribution in [2.75, 3.05) is 13.2 Å². The number of rotatable bonds is 42. The maximum Gasteiger partial charge on any atom is 0.220 e. The molecule has 0 spiro atoms. The van der Waals surface area contributed by atoms with Gasteiger partial charge in [0.25, 0.3) is 0 Å². The minimum absolute atomic E-state index is 0.187. The van der Waals surface area contributed by atoms with Gasteiger partial charge in [-0.25, -0.2) is 0 Å². The van der Waals surface area contributed by atoms with Crippen LogP contribution in [0.3, 0.4) is 0 Å². The van der Waals surface area contributed by atoms with Crippen LogP contribution in [0.25, 0.3) is 0 Å². The Bertz CT molecular complexity index is 1050. The number of aliphatic hydroxyl groups is 5. The number of aliphatic hydroxyl groups excluding tert-OH is 5. The zero-order valence-electron chi connectivity index (χ0n) is 40.7. The molecule has 1 fully saturated rings.